The van der Waals surface area contributed by atoms with E-state index < -0.39 is 21.7 Å². The Morgan fingerprint density at radius 3 is 2.31 bits per heavy atom. The first-order valence-corrected chi connectivity index (χ1v) is 10.2. The molecule has 0 aliphatic heterocycles. The summed E-state index contributed by atoms with van der Waals surface area (Å²) in [6.45, 7) is 0.0373. The monoisotopic (exact) mass is 414 g/mol. The third-order valence-electron chi connectivity index (χ3n) is 4.16. The van der Waals surface area contributed by atoms with Crippen molar-refractivity contribution < 1.29 is 22.3 Å². The smallest absolute Gasteiger partial charge is 0.255 e. The zero-order chi connectivity index (χ0) is 20.9. The van der Waals surface area contributed by atoms with Crippen LogP contribution in [0.4, 0.5) is 10.1 Å². The van der Waals surface area contributed by atoms with Crippen molar-refractivity contribution in [3.8, 4) is 5.75 Å². The lowest BCUT2D eigenvalue weighted by Crippen LogP contribution is -2.23. The molecule has 29 heavy (non-hydrogen) atoms. The lowest BCUT2D eigenvalue weighted by atomic mass is 10.1. The lowest BCUT2D eigenvalue weighted by Gasteiger charge is -2.11. The van der Waals surface area contributed by atoms with Crippen molar-refractivity contribution in [2.75, 3.05) is 12.4 Å². The molecule has 2 N–H and O–H groups in total. The van der Waals surface area contributed by atoms with Gasteiger partial charge >= 0.3 is 0 Å². The first-order chi connectivity index (χ1) is 13.9. The van der Waals surface area contributed by atoms with E-state index >= 15 is 0 Å². The van der Waals surface area contributed by atoms with Crippen molar-refractivity contribution >= 4 is 21.6 Å². The maximum absolute atomic E-state index is 13.6. The number of para-hydroxylation sites is 2. The topological polar surface area (TPSA) is 84.5 Å². The van der Waals surface area contributed by atoms with Gasteiger partial charge in [0.25, 0.3) is 5.91 Å². The molecule has 150 valence electrons. The van der Waals surface area contributed by atoms with E-state index in [-0.39, 0.29) is 22.9 Å². The van der Waals surface area contributed by atoms with Crippen LogP contribution in [0.5, 0.6) is 5.75 Å². The normalized spacial score (nSPS) is 11.1. The Kier molecular flexibility index (Phi) is 6.26. The molecule has 0 bridgehead atoms. The Labute approximate surface area is 168 Å². The molecule has 1 amide bonds. The summed E-state index contributed by atoms with van der Waals surface area (Å²) in [5, 5.41) is 2.50. The summed E-state index contributed by atoms with van der Waals surface area (Å²) in [6.07, 6.45) is 0. The number of nitrogens with one attached hydrogen (secondary N) is 2. The molecular formula is C21H19FN2O4S. The van der Waals surface area contributed by atoms with E-state index in [4.69, 9.17) is 4.74 Å². The van der Waals surface area contributed by atoms with Crippen molar-refractivity contribution in [1.29, 1.82) is 0 Å². The van der Waals surface area contributed by atoms with Crippen LogP contribution in [0.3, 0.4) is 0 Å². The number of carbonyl (C=O) groups is 1. The molecule has 0 atom stereocenters. The average Bonchev–Trinajstić information content (AvgIpc) is 2.74. The number of benzene rings is 3. The minimum Gasteiger partial charge on any atom is -0.495 e. The fraction of sp³-hybridized carbons (Fsp3) is 0.0952. The van der Waals surface area contributed by atoms with E-state index in [1.54, 1.807) is 48.5 Å². The Hall–Kier alpha value is -3.23. The summed E-state index contributed by atoms with van der Waals surface area (Å²) in [6, 6.07) is 18.5. The van der Waals surface area contributed by atoms with Gasteiger partial charge in [0.15, 0.2) is 0 Å². The van der Waals surface area contributed by atoms with Crippen molar-refractivity contribution in [2.24, 2.45) is 0 Å². The zero-order valence-corrected chi connectivity index (χ0v) is 16.4. The van der Waals surface area contributed by atoms with Crippen molar-refractivity contribution in [2.45, 2.75) is 11.4 Å². The van der Waals surface area contributed by atoms with Crippen LogP contribution < -0.4 is 14.8 Å². The van der Waals surface area contributed by atoms with E-state index in [1.165, 1.54) is 31.4 Å². The van der Waals surface area contributed by atoms with Gasteiger partial charge in [0.05, 0.1) is 12.8 Å². The molecule has 0 unspecified atom stereocenters. The Morgan fingerprint density at radius 2 is 1.62 bits per heavy atom. The van der Waals surface area contributed by atoms with Crippen LogP contribution in [-0.4, -0.2) is 21.4 Å². The van der Waals surface area contributed by atoms with Crippen LogP contribution in [0, 0.1) is 5.82 Å². The number of rotatable bonds is 7. The zero-order valence-electron chi connectivity index (χ0n) is 15.6. The molecule has 8 heteroatoms. The molecule has 0 saturated carbocycles. The summed E-state index contributed by atoms with van der Waals surface area (Å²) in [7, 11) is -2.37. The maximum atomic E-state index is 13.6. The molecule has 0 radical (unpaired) electrons. The van der Waals surface area contributed by atoms with Crippen LogP contribution in [0.1, 0.15) is 15.9 Å². The fourth-order valence-corrected chi connectivity index (χ4v) is 3.81. The van der Waals surface area contributed by atoms with Gasteiger partial charge in [-0.15, -0.1) is 0 Å². The van der Waals surface area contributed by atoms with E-state index in [0.717, 1.165) is 0 Å². The first-order valence-electron chi connectivity index (χ1n) is 8.68. The number of hydrogen-bond acceptors (Lipinski definition) is 4. The third kappa shape index (κ3) is 4.98. The first kappa shape index (κ1) is 20.5. The van der Waals surface area contributed by atoms with Crippen LogP contribution in [0.25, 0.3) is 0 Å². The van der Waals surface area contributed by atoms with Crippen LogP contribution in [0.15, 0.2) is 77.7 Å². The van der Waals surface area contributed by atoms with Gasteiger partial charge in [0.2, 0.25) is 10.0 Å². The number of amides is 1. The van der Waals surface area contributed by atoms with Crippen molar-refractivity contribution in [1.82, 2.24) is 4.72 Å². The standard InChI is InChI=1S/C21H19FN2O4S/c1-28-19-8-4-5-9-20(19)29(26,27)23-14-15-10-12-16(13-11-15)21(25)24-18-7-3-2-6-17(18)22/h2-13,23H,14H2,1H3,(H,24,25). The van der Waals surface area contributed by atoms with Gasteiger partial charge in [0.1, 0.15) is 16.5 Å². The van der Waals surface area contributed by atoms with Gasteiger partial charge < -0.3 is 10.1 Å². The summed E-state index contributed by atoms with van der Waals surface area (Å²) < 4.78 is 46.3. The fourth-order valence-electron chi connectivity index (χ4n) is 2.63. The van der Waals surface area contributed by atoms with Crippen LogP contribution >= 0.6 is 0 Å². The number of ether oxygens (including phenoxy) is 1. The second-order valence-electron chi connectivity index (χ2n) is 6.11. The Bertz CT molecular complexity index is 1120. The number of carbonyl (C=O) groups excluding carboxylic acids is 1. The minimum absolute atomic E-state index is 0.0373. The molecule has 3 rings (SSSR count). The van der Waals surface area contributed by atoms with E-state index in [1.807, 2.05) is 0 Å². The second kappa shape index (κ2) is 8.85. The molecular weight excluding hydrogens is 395 g/mol. The molecule has 3 aromatic rings. The van der Waals surface area contributed by atoms with Crippen LogP contribution in [0.2, 0.25) is 0 Å². The molecule has 0 fully saturated rings. The number of sulfonamides is 1. The van der Waals surface area contributed by atoms with Crippen molar-refractivity contribution in [3.05, 3.63) is 89.7 Å². The highest BCUT2D eigenvalue weighted by Crippen LogP contribution is 2.22. The Balaban J connectivity index is 1.66. The van der Waals surface area contributed by atoms with E-state index in [9.17, 15) is 17.6 Å². The predicted octanol–water partition coefficient (Wildman–Crippen LogP) is 3.57. The van der Waals surface area contributed by atoms with Gasteiger partial charge in [-0.1, -0.05) is 36.4 Å². The average molecular weight is 414 g/mol. The molecule has 3 aromatic carbocycles. The van der Waals surface area contributed by atoms with E-state index in [2.05, 4.69) is 10.0 Å². The molecule has 0 aliphatic rings. The van der Waals surface area contributed by atoms with Gasteiger partial charge in [-0.2, -0.15) is 0 Å². The molecule has 0 saturated heterocycles. The molecule has 0 heterocycles. The van der Waals surface area contributed by atoms with E-state index in [0.29, 0.717) is 11.1 Å². The summed E-state index contributed by atoms with van der Waals surface area (Å²) in [4.78, 5) is 12.3. The number of hydrogen-bond donors (Lipinski definition) is 2. The largest absolute Gasteiger partial charge is 0.495 e. The summed E-state index contributed by atoms with van der Waals surface area (Å²) >= 11 is 0. The molecule has 6 nitrogen and oxygen atoms in total. The van der Waals surface area contributed by atoms with Gasteiger partial charge in [-0.05, 0) is 42.0 Å². The lowest BCUT2D eigenvalue weighted by molar-refractivity contribution is 0.102. The molecule has 0 spiro atoms. The summed E-state index contributed by atoms with van der Waals surface area (Å²) in [5.41, 5.74) is 1.07. The third-order valence-corrected chi connectivity index (χ3v) is 5.60. The highest BCUT2D eigenvalue weighted by Gasteiger charge is 2.18. The molecule has 0 aromatic heterocycles. The predicted molar refractivity (Wildman–Crippen MR) is 108 cm³/mol. The maximum Gasteiger partial charge on any atom is 0.255 e. The highest BCUT2D eigenvalue weighted by molar-refractivity contribution is 7.89. The number of methoxy groups -OCH3 is 1. The summed E-state index contributed by atoms with van der Waals surface area (Å²) in [5.74, 6) is -0.736. The van der Waals surface area contributed by atoms with Gasteiger partial charge in [-0.25, -0.2) is 17.5 Å². The van der Waals surface area contributed by atoms with Gasteiger partial charge in [0, 0.05) is 12.1 Å². The number of anilines is 1. The molecule has 0 aliphatic carbocycles. The quantitative estimate of drug-likeness (QED) is 0.619. The number of halogens is 1. The SMILES string of the molecule is COc1ccccc1S(=O)(=O)NCc1ccc(C(=O)Nc2ccccc2F)cc1. The van der Waals surface area contributed by atoms with Crippen LogP contribution in [-0.2, 0) is 16.6 Å². The van der Waals surface area contributed by atoms with Crippen molar-refractivity contribution in [3.63, 3.8) is 0 Å². The highest BCUT2D eigenvalue weighted by atomic mass is 32.2. The minimum atomic E-state index is -3.77. The Morgan fingerprint density at radius 1 is 0.966 bits per heavy atom. The second-order valence-corrected chi connectivity index (χ2v) is 7.84. The van der Waals surface area contributed by atoms with Gasteiger partial charge in [-0.3, -0.25) is 4.79 Å².